The number of hydrogen-bond acceptors (Lipinski definition) is 3. The summed E-state index contributed by atoms with van der Waals surface area (Å²) >= 11 is 0. The molecule has 7 heteroatoms. The Morgan fingerprint density at radius 2 is 1.86 bits per heavy atom. The standard InChI is InChI=1S/C22H29F2N3O2/c1-14(28)19(21(2,3)4)25-20(29)18-16-7-5-6-8-17(16)27(26-18)13-15-9-11-22(23,24)12-10-15/h5-8,15,19H,9-13H2,1-4H3,(H,25,29). The van der Waals surface area contributed by atoms with Gasteiger partial charge in [0, 0.05) is 24.8 Å². The number of carbonyl (C=O) groups is 2. The minimum atomic E-state index is -2.57. The fraction of sp³-hybridized carbons (Fsp3) is 0.591. The molecule has 0 radical (unpaired) electrons. The van der Waals surface area contributed by atoms with Crippen LogP contribution in [0.25, 0.3) is 10.9 Å². The summed E-state index contributed by atoms with van der Waals surface area (Å²) in [7, 11) is 0. The van der Waals surface area contributed by atoms with Crippen molar-refractivity contribution in [1.29, 1.82) is 0 Å². The molecule has 1 atom stereocenters. The van der Waals surface area contributed by atoms with E-state index < -0.39 is 23.3 Å². The van der Waals surface area contributed by atoms with Crippen molar-refractivity contribution in [2.75, 3.05) is 0 Å². The number of para-hydroxylation sites is 1. The molecule has 0 saturated heterocycles. The highest BCUT2D eigenvalue weighted by atomic mass is 19.3. The van der Waals surface area contributed by atoms with Gasteiger partial charge < -0.3 is 5.32 Å². The second-order valence-corrected chi connectivity index (χ2v) is 9.23. The number of hydrogen-bond donors (Lipinski definition) is 1. The van der Waals surface area contributed by atoms with Crippen molar-refractivity contribution >= 4 is 22.6 Å². The number of rotatable bonds is 5. The zero-order valence-electron chi connectivity index (χ0n) is 17.5. The van der Waals surface area contributed by atoms with Crippen LogP contribution in [0.3, 0.4) is 0 Å². The van der Waals surface area contributed by atoms with Crippen molar-refractivity contribution in [3.05, 3.63) is 30.0 Å². The summed E-state index contributed by atoms with van der Waals surface area (Å²) in [5.74, 6) is -2.97. The first kappa shape index (κ1) is 21.4. The van der Waals surface area contributed by atoms with Gasteiger partial charge >= 0.3 is 0 Å². The number of halogens is 2. The van der Waals surface area contributed by atoms with Gasteiger partial charge in [0.05, 0.1) is 11.6 Å². The van der Waals surface area contributed by atoms with Gasteiger partial charge in [-0.05, 0) is 37.2 Å². The second kappa shape index (κ2) is 7.84. The average Bonchev–Trinajstić information content (AvgIpc) is 2.99. The fourth-order valence-corrected chi connectivity index (χ4v) is 4.09. The van der Waals surface area contributed by atoms with Crippen LogP contribution in [-0.4, -0.2) is 33.4 Å². The Hall–Kier alpha value is -2.31. The Morgan fingerprint density at radius 1 is 1.24 bits per heavy atom. The van der Waals surface area contributed by atoms with Gasteiger partial charge in [-0.1, -0.05) is 39.0 Å². The number of ketones is 1. The van der Waals surface area contributed by atoms with Crippen LogP contribution in [-0.2, 0) is 11.3 Å². The van der Waals surface area contributed by atoms with E-state index >= 15 is 0 Å². The summed E-state index contributed by atoms with van der Waals surface area (Å²) in [5.41, 5.74) is 0.634. The molecule has 2 aromatic rings. The highest BCUT2D eigenvalue weighted by Gasteiger charge is 2.35. The average molecular weight is 405 g/mol. The third kappa shape index (κ3) is 4.82. The Labute approximate surface area is 169 Å². The summed E-state index contributed by atoms with van der Waals surface area (Å²) in [6, 6.07) is 6.77. The summed E-state index contributed by atoms with van der Waals surface area (Å²) in [4.78, 5) is 25.0. The number of nitrogens with one attached hydrogen (secondary N) is 1. The molecule has 1 aliphatic carbocycles. The van der Waals surface area contributed by atoms with Gasteiger partial charge in [-0.2, -0.15) is 5.10 Å². The maximum atomic E-state index is 13.5. The van der Waals surface area contributed by atoms with E-state index in [1.54, 1.807) is 4.68 Å². The topological polar surface area (TPSA) is 64.0 Å². The first-order chi connectivity index (χ1) is 13.5. The fourth-order valence-electron chi connectivity index (χ4n) is 4.09. The number of aromatic nitrogens is 2. The number of carbonyl (C=O) groups excluding carboxylic acids is 2. The van der Waals surface area contributed by atoms with Crippen molar-refractivity contribution in [3.8, 4) is 0 Å². The SMILES string of the molecule is CC(=O)C(NC(=O)c1nn(CC2CCC(F)(F)CC2)c2ccccc12)C(C)(C)C. The van der Waals surface area contributed by atoms with Crippen LogP contribution in [0.2, 0.25) is 0 Å². The van der Waals surface area contributed by atoms with Crippen LogP contribution < -0.4 is 5.32 Å². The third-order valence-corrected chi connectivity index (χ3v) is 5.69. The lowest BCUT2D eigenvalue weighted by atomic mass is 9.84. The molecule has 0 bridgehead atoms. The van der Waals surface area contributed by atoms with Gasteiger partial charge in [0.2, 0.25) is 5.92 Å². The third-order valence-electron chi connectivity index (χ3n) is 5.69. The van der Waals surface area contributed by atoms with E-state index in [1.807, 2.05) is 45.0 Å². The molecule has 1 aromatic carbocycles. The van der Waals surface area contributed by atoms with Gasteiger partial charge in [0.15, 0.2) is 11.5 Å². The highest BCUT2D eigenvalue weighted by Crippen LogP contribution is 2.37. The lowest BCUT2D eigenvalue weighted by Gasteiger charge is -2.29. The number of alkyl halides is 2. The summed E-state index contributed by atoms with van der Waals surface area (Å²) in [6.07, 6.45) is 0.685. The predicted molar refractivity (Wildman–Crippen MR) is 108 cm³/mol. The van der Waals surface area contributed by atoms with Crippen LogP contribution in [0.4, 0.5) is 8.78 Å². The van der Waals surface area contributed by atoms with Crippen LogP contribution in [0.5, 0.6) is 0 Å². The largest absolute Gasteiger partial charge is 0.340 e. The van der Waals surface area contributed by atoms with E-state index in [4.69, 9.17) is 0 Å². The summed E-state index contributed by atoms with van der Waals surface area (Å²) in [5, 5.41) is 8.05. The Kier molecular flexibility index (Phi) is 5.79. The maximum Gasteiger partial charge on any atom is 0.273 e. The highest BCUT2D eigenvalue weighted by molar-refractivity contribution is 6.06. The Balaban J connectivity index is 1.86. The van der Waals surface area contributed by atoms with E-state index in [2.05, 4.69) is 10.4 Å². The number of Topliss-reactive ketones (excluding diaryl/α,β-unsaturated/α-hetero) is 1. The monoisotopic (exact) mass is 405 g/mol. The van der Waals surface area contributed by atoms with E-state index in [0.29, 0.717) is 24.8 Å². The Bertz CT molecular complexity index is 904. The molecule has 29 heavy (non-hydrogen) atoms. The van der Waals surface area contributed by atoms with Crippen molar-refractivity contribution in [2.24, 2.45) is 11.3 Å². The number of benzene rings is 1. The van der Waals surface area contributed by atoms with E-state index in [9.17, 15) is 18.4 Å². The van der Waals surface area contributed by atoms with E-state index in [1.165, 1.54) is 6.92 Å². The normalized spacial score (nSPS) is 18.6. The molecule has 1 unspecified atom stereocenters. The molecule has 1 aromatic heterocycles. The molecule has 1 fully saturated rings. The zero-order chi connectivity index (χ0) is 21.4. The molecule has 1 amide bonds. The summed E-state index contributed by atoms with van der Waals surface area (Å²) in [6.45, 7) is 7.66. The minimum Gasteiger partial charge on any atom is -0.340 e. The molecule has 1 N–H and O–H groups in total. The lowest BCUT2D eigenvalue weighted by molar-refractivity contribution is -0.121. The van der Waals surface area contributed by atoms with Crippen LogP contribution >= 0.6 is 0 Å². The molecule has 158 valence electrons. The molecule has 5 nitrogen and oxygen atoms in total. The molecule has 1 aliphatic rings. The maximum absolute atomic E-state index is 13.5. The van der Waals surface area contributed by atoms with Gasteiger partial charge in [-0.25, -0.2) is 8.78 Å². The number of amides is 1. The van der Waals surface area contributed by atoms with Crippen molar-refractivity contribution in [2.45, 2.75) is 71.9 Å². The number of nitrogens with zero attached hydrogens (tertiary/aromatic N) is 2. The minimum absolute atomic E-state index is 0.101. The second-order valence-electron chi connectivity index (χ2n) is 9.23. The molecular formula is C22H29F2N3O2. The quantitative estimate of drug-likeness (QED) is 0.791. The predicted octanol–water partition coefficient (Wildman–Crippen LogP) is 4.60. The Morgan fingerprint density at radius 3 is 2.45 bits per heavy atom. The molecule has 1 heterocycles. The van der Waals surface area contributed by atoms with Crippen molar-refractivity contribution in [1.82, 2.24) is 15.1 Å². The molecule has 0 aliphatic heterocycles. The lowest BCUT2D eigenvalue weighted by Crippen LogP contribution is -2.48. The van der Waals surface area contributed by atoms with Crippen LogP contribution in [0.15, 0.2) is 24.3 Å². The van der Waals surface area contributed by atoms with Crippen LogP contribution in [0.1, 0.15) is 63.9 Å². The molecular weight excluding hydrogens is 376 g/mol. The van der Waals surface area contributed by atoms with E-state index in [0.717, 1.165) is 5.52 Å². The molecule has 3 rings (SSSR count). The summed E-state index contributed by atoms with van der Waals surface area (Å²) < 4.78 is 28.7. The first-order valence-corrected chi connectivity index (χ1v) is 10.1. The van der Waals surface area contributed by atoms with Gasteiger partial charge in [0.25, 0.3) is 5.91 Å². The number of fused-ring (bicyclic) bond motifs is 1. The smallest absolute Gasteiger partial charge is 0.273 e. The van der Waals surface area contributed by atoms with Gasteiger partial charge in [-0.3, -0.25) is 14.3 Å². The van der Waals surface area contributed by atoms with Gasteiger partial charge in [0.1, 0.15) is 0 Å². The van der Waals surface area contributed by atoms with E-state index in [-0.39, 0.29) is 30.2 Å². The first-order valence-electron chi connectivity index (χ1n) is 10.1. The molecule has 1 saturated carbocycles. The zero-order valence-corrected chi connectivity index (χ0v) is 17.5. The molecule has 0 spiro atoms. The van der Waals surface area contributed by atoms with Crippen LogP contribution in [0, 0.1) is 11.3 Å². The van der Waals surface area contributed by atoms with Crippen molar-refractivity contribution < 1.29 is 18.4 Å². The van der Waals surface area contributed by atoms with Crippen molar-refractivity contribution in [3.63, 3.8) is 0 Å². The van der Waals surface area contributed by atoms with Gasteiger partial charge in [-0.15, -0.1) is 0 Å².